The van der Waals surface area contributed by atoms with Gasteiger partial charge >= 0.3 is 0 Å². The lowest BCUT2D eigenvalue weighted by molar-refractivity contribution is -0.115. The molecule has 0 unspecified atom stereocenters. The summed E-state index contributed by atoms with van der Waals surface area (Å²) in [5.74, 6) is 1.15. The number of hydrogen-bond acceptors (Lipinski definition) is 8. The maximum Gasteiger partial charge on any atom is 0.229 e. The number of amides is 1. The van der Waals surface area contributed by atoms with Gasteiger partial charge in [-0.2, -0.15) is 4.98 Å². The van der Waals surface area contributed by atoms with Crippen LogP contribution in [0.2, 0.25) is 0 Å². The van der Waals surface area contributed by atoms with E-state index >= 15 is 0 Å². The van der Waals surface area contributed by atoms with Gasteiger partial charge in [-0.3, -0.25) is 9.36 Å². The Labute approximate surface area is 223 Å². The molecule has 0 aliphatic carbocycles. The number of nitrogens with one attached hydrogen (secondary N) is 3. The van der Waals surface area contributed by atoms with Crippen molar-refractivity contribution < 1.29 is 4.79 Å². The Bertz CT molecular complexity index is 1410. The number of carbonyl (C=O) groups is 1. The highest BCUT2D eigenvalue weighted by Crippen LogP contribution is 2.28. The van der Waals surface area contributed by atoms with Crippen LogP contribution in [0.15, 0.2) is 54.7 Å². The van der Waals surface area contributed by atoms with Gasteiger partial charge in [-0.1, -0.05) is 13.0 Å². The van der Waals surface area contributed by atoms with Crippen LogP contribution >= 0.6 is 0 Å². The maximum absolute atomic E-state index is 11.8. The maximum atomic E-state index is 11.8. The van der Waals surface area contributed by atoms with Gasteiger partial charge < -0.3 is 25.8 Å². The molecule has 198 valence electrons. The standard InChI is InChI=1S/C28H35N9O/c1-5-25(38)30-21-7-6-8-22(17-21)32-28-33-24-18-29-27(34-26(24)37(28)19(2)3)31-20-9-11-23(12-10-20)36-15-13-35(4)14-16-36/h6-12,17-19H,5,13-16H2,1-4H3,(H,30,38)(H,32,33)(H,29,31,34). The summed E-state index contributed by atoms with van der Waals surface area (Å²) < 4.78 is 2.05. The third-order valence-electron chi connectivity index (χ3n) is 6.66. The van der Waals surface area contributed by atoms with Crippen LogP contribution in [-0.2, 0) is 4.79 Å². The molecular formula is C28H35N9O. The number of aromatic nitrogens is 4. The SMILES string of the molecule is CCC(=O)Nc1cccc(Nc2nc3cnc(Nc4ccc(N5CCN(C)CC5)cc4)nc3n2C(C)C)c1. The molecule has 1 aliphatic heterocycles. The Morgan fingerprint density at radius 1 is 0.947 bits per heavy atom. The molecule has 0 bridgehead atoms. The van der Waals surface area contributed by atoms with Crippen LogP contribution in [0.4, 0.5) is 34.6 Å². The van der Waals surface area contributed by atoms with E-state index in [0.717, 1.165) is 48.9 Å². The first-order chi connectivity index (χ1) is 18.4. The normalized spacial score (nSPS) is 14.2. The predicted molar refractivity (Wildman–Crippen MR) is 154 cm³/mol. The Kier molecular flexibility index (Phi) is 7.41. The Morgan fingerprint density at radius 3 is 2.39 bits per heavy atom. The molecule has 1 fully saturated rings. The van der Waals surface area contributed by atoms with E-state index in [1.54, 1.807) is 6.20 Å². The minimum Gasteiger partial charge on any atom is -0.369 e. The second kappa shape index (κ2) is 11.1. The number of nitrogens with zero attached hydrogens (tertiary/aromatic N) is 6. The zero-order valence-electron chi connectivity index (χ0n) is 22.4. The fourth-order valence-corrected chi connectivity index (χ4v) is 4.53. The Hall–Kier alpha value is -4.18. The summed E-state index contributed by atoms with van der Waals surface area (Å²) in [5.41, 5.74) is 5.16. The van der Waals surface area contributed by atoms with Gasteiger partial charge in [0.2, 0.25) is 17.8 Å². The lowest BCUT2D eigenvalue weighted by Gasteiger charge is -2.34. The average molecular weight is 514 g/mol. The lowest BCUT2D eigenvalue weighted by Crippen LogP contribution is -2.44. The van der Waals surface area contributed by atoms with E-state index < -0.39 is 0 Å². The van der Waals surface area contributed by atoms with Gasteiger partial charge in [-0.15, -0.1) is 0 Å². The number of imidazole rings is 1. The van der Waals surface area contributed by atoms with E-state index in [2.05, 4.69) is 80.5 Å². The van der Waals surface area contributed by atoms with Crippen LogP contribution in [0, 0.1) is 0 Å². The van der Waals surface area contributed by atoms with Crippen LogP contribution in [0.25, 0.3) is 11.2 Å². The van der Waals surface area contributed by atoms with Crippen LogP contribution in [0.3, 0.4) is 0 Å². The molecule has 4 aromatic rings. The van der Waals surface area contributed by atoms with Crippen molar-refractivity contribution in [2.24, 2.45) is 0 Å². The van der Waals surface area contributed by atoms with Gasteiger partial charge in [0.1, 0.15) is 5.52 Å². The van der Waals surface area contributed by atoms with Crippen molar-refractivity contribution in [3.63, 3.8) is 0 Å². The first kappa shape index (κ1) is 25.5. The van der Waals surface area contributed by atoms with Gasteiger partial charge in [-0.25, -0.2) is 9.97 Å². The molecule has 1 saturated heterocycles. The van der Waals surface area contributed by atoms with Crippen molar-refractivity contribution in [2.75, 3.05) is 54.1 Å². The summed E-state index contributed by atoms with van der Waals surface area (Å²) in [5, 5.41) is 9.62. The fraction of sp³-hybridized carbons (Fsp3) is 0.357. The summed E-state index contributed by atoms with van der Waals surface area (Å²) in [6.45, 7) is 10.2. The van der Waals surface area contributed by atoms with E-state index in [1.807, 2.05) is 31.2 Å². The average Bonchev–Trinajstić information content (AvgIpc) is 3.27. The molecule has 3 N–H and O–H groups in total. The van der Waals surface area contributed by atoms with Gasteiger partial charge in [0.15, 0.2) is 5.65 Å². The number of likely N-dealkylation sites (N-methyl/N-ethyl adjacent to an activating group) is 1. The zero-order chi connectivity index (χ0) is 26.6. The van der Waals surface area contributed by atoms with E-state index in [-0.39, 0.29) is 11.9 Å². The highest BCUT2D eigenvalue weighted by atomic mass is 16.1. The molecule has 5 rings (SSSR count). The van der Waals surface area contributed by atoms with E-state index in [9.17, 15) is 4.79 Å². The highest BCUT2D eigenvalue weighted by Gasteiger charge is 2.17. The zero-order valence-corrected chi connectivity index (χ0v) is 22.4. The summed E-state index contributed by atoms with van der Waals surface area (Å²) in [7, 11) is 2.16. The smallest absolute Gasteiger partial charge is 0.229 e. The van der Waals surface area contributed by atoms with Gasteiger partial charge in [0.25, 0.3) is 0 Å². The molecule has 2 aromatic heterocycles. The first-order valence-corrected chi connectivity index (χ1v) is 13.1. The van der Waals surface area contributed by atoms with Crippen molar-refractivity contribution in [1.29, 1.82) is 0 Å². The molecule has 38 heavy (non-hydrogen) atoms. The second-order valence-electron chi connectivity index (χ2n) is 9.87. The number of anilines is 6. The molecule has 0 radical (unpaired) electrons. The van der Waals surface area contributed by atoms with Crippen molar-refractivity contribution in [3.8, 4) is 0 Å². The lowest BCUT2D eigenvalue weighted by atomic mass is 10.2. The molecule has 1 amide bonds. The van der Waals surface area contributed by atoms with E-state index in [4.69, 9.17) is 9.97 Å². The minimum atomic E-state index is -0.0270. The third-order valence-corrected chi connectivity index (χ3v) is 6.66. The second-order valence-corrected chi connectivity index (χ2v) is 9.87. The van der Waals surface area contributed by atoms with Crippen molar-refractivity contribution in [1.82, 2.24) is 24.4 Å². The highest BCUT2D eigenvalue weighted by molar-refractivity contribution is 5.91. The molecule has 0 saturated carbocycles. The van der Waals surface area contributed by atoms with Crippen LogP contribution in [0.5, 0.6) is 0 Å². The van der Waals surface area contributed by atoms with Gasteiger partial charge in [-0.05, 0) is 63.4 Å². The van der Waals surface area contributed by atoms with Crippen LogP contribution in [0.1, 0.15) is 33.2 Å². The molecule has 1 aliphatic rings. The molecule has 0 atom stereocenters. The summed E-state index contributed by atoms with van der Waals surface area (Å²) >= 11 is 0. The number of hydrogen-bond donors (Lipinski definition) is 3. The predicted octanol–water partition coefficient (Wildman–Crippen LogP) is 4.99. The molecule has 2 aromatic carbocycles. The summed E-state index contributed by atoms with van der Waals surface area (Å²) in [4.78, 5) is 30.6. The number of fused-ring (bicyclic) bond motifs is 1. The van der Waals surface area contributed by atoms with Crippen LogP contribution < -0.4 is 20.9 Å². The van der Waals surface area contributed by atoms with E-state index in [1.165, 1.54) is 5.69 Å². The molecule has 3 heterocycles. The van der Waals surface area contributed by atoms with Gasteiger partial charge in [0.05, 0.1) is 6.20 Å². The summed E-state index contributed by atoms with van der Waals surface area (Å²) in [6, 6.07) is 16.1. The van der Waals surface area contributed by atoms with Crippen molar-refractivity contribution in [2.45, 2.75) is 33.2 Å². The molecule has 0 spiro atoms. The van der Waals surface area contributed by atoms with Crippen molar-refractivity contribution in [3.05, 3.63) is 54.7 Å². The van der Waals surface area contributed by atoms with E-state index in [0.29, 0.717) is 23.8 Å². The number of piperazine rings is 1. The Balaban J connectivity index is 1.35. The monoisotopic (exact) mass is 513 g/mol. The first-order valence-electron chi connectivity index (χ1n) is 13.1. The topological polar surface area (TPSA) is 103 Å². The Morgan fingerprint density at radius 2 is 1.68 bits per heavy atom. The number of carbonyl (C=O) groups excluding carboxylic acids is 1. The molecule has 10 nitrogen and oxygen atoms in total. The van der Waals surface area contributed by atoms with Crippen molar-refractivity contribution >= 4 is 51.7 Å². The summed E-state index contributed by atoms with van der Waals surface area (Å²) in [6.07, 6.45) is 2.17. The molecule has 10 heteroatoms. The number of benzene rings is 2. The third kappa shape index (κ3) is 5.70. The fourth-order valence-electron chi connectivity index (χ4n) is 4.53. The van der Waals surface area contributed by atoms with Crippen LogP contribution in [-0.4, -0.2) is 63.6 Å². The minimum absolute atomic E-state index is 0.0270. The van der Waals surface area contributed by atoms with Gasteiger partial charge in [0, 0.05) is 61.4 Å². The molecular weight excluding hydrogens is 478 g/mol. The quantitative estimate of drug-likeness (QED) is 0.303. The number of rotatable bonds is 8. The largest absolute Gasteiger partial charge is 0.369 e.